The highest BCUT2D eigenvalue weighted by atomic mass is 19.1. The van der Waals surface area contributed by atoms with Crippen molar-refractivity contribution in [1.82, 2.24) is 0 Å². The quantitative estimate of drug-likeness (QED) is 0.688. The van der Waals surface area contributed by atoms with E-state index in [2.05, 4.69) is 5.32 Å². The molecule has 0 saturated heterocycles. The molecule has 0 bridgehead atoms. The number of benzene rings is 2. The Morgan fingerprint density at radius 3 is 2.45 bits per heavy atom. The van der Waals surface area contributed by atoms with Crippen LogP contribution < -0.4 is 5.32 Å². The van der Waals surface area contributed by atoms with Crippen molar-refractivity contribution >= 4 is 17.4 Å². The first-order chi connectivity index (χ1) is 9.47. The number of carbonyl (C=O) groups excluding carboxylic acids is 2. The summed E-state index contributed by atoms with van der Waals surface area (Å²) < 4.78 is 13.1. The third kappa shape index (κ3) is 3.09. The molecule has 0 spiro atoms. The number of rotatable bonds is 3. The summed E-state index contributed by atoms with van der Waals surface area (Å²) in [6, 6.07) is 11.0. The Morgan fingerprint density at radius 1 is 1.05 bits per heavy atom. The Balaban J connectivity index is 2.16. The number of carbonyl (C=O) groups is 2. The zero-order valence-corrected chi connectivity index (χ0v) is 11.2. The molecular weight excluding hydrogens is 257 g/mol. The molecule has 4 heteroatoms. The van der Waals surface area contributed by atoms with E-state index in [0.29, 0.717) is 11.3 Å². The van der Waals surface area contributed by atoms with Crippen LogP contribution in [0.5, 0.6) is 0 Å². The first-order valence-corrected chi connectivity index (χ1v) is 6.16. The second-order valence-corrected chi connectivity index (χ2v) is 4.62. The number of hydrogen-bond donors (Lipinski definition) is 1. The Morgan fingerprint density at radius 2 is 1.80 bits per heavy atom. The van der Waals surface area contributed by atoms with E-state index >= 15 is 0 Å². The van der Waals surface area contributed by atoms with Gasteiger partial charge in [0.05, 0.1) is 0 Å². The molecule has 0 radical (unpaired) electrons. The van der Waals surface area contributed by atoms with Gasteiger partial charge in [0.15, 0.2) is 0 Å². The number of amides is 1. The van der Waals surface area contributed by atoms with Gasteiger partial charge in [0.25, 0.3) is 11.7 Å². The average molecular weight is 271 g/mol. The van der Waals surface area contributed by atoms with Crippen LogP contribution in [0.25, 0.3) is 0 Å². The third-order valence-corrected chi connectivity index (χ3v) is 2.90. The fourth-order valence-electron chi connectivity index (χ4n) is 1.83. The van der Waals surface area contributed by atoms with Gasteiger partial charge in [-0.1, -0.05) is 12.1 Å². The van der Waals surface area contributed by atoms with Crippen molar-refractivity contribution < 1.29 is 14.0 Å². The Hall–Kier alpha value is -2.49. The molecule has 0 unspecified atom stereocenters. The Bertz CT molecular complexity index is 680. The van der Waals surface area contributed by atoms with E-state index in [4.69, 9.17) is 0 Å². The smallest absolute Gasteiger partial charge is 0.296 e. The maximum Gasteiger partial charge on any atom is 0.296 e. The Labute approximate surface area is 116 Å². The predicted octanol–water partition coefficient (Wildman–Crippen LogP) is 3.26. The number of Topliss-reactive ketones (excluding diaryl/α,β-unsaturated/α-hetero) is 1. The highest BCUT2D eigenvalue weighted by Crippen LogP contribution is 2.13. The van der Waals surface area contributed by atoms with Crippen molar-refractivity contribution in [2.45, 2.75) is 13.8 Å². The van der Waals surface area contributed by atoms with Gasteiger partial charge in [0, 0.05) is 11.3 Å². The lowest BCUT2D eigenvalue weighted by Gasteiger charge is -2.06. The van der Waals surface area contributed by atoms with Crippen LogP contribution in [0.4, 0.5) is 10.1 Å². The van der Waals surface area contributed by atoms with Gasteiger partial charge in [0.1, 0.15) is 5.82 Å². The maximum absolute atomic E-state index is 13.1. The first kappa shape index (κ1) is 13.9. The first-order valence-electron chi connectivity index (χ1n) is 6.16. The van der Waals surface area contributed by atoms with Crippen molar-refractivity contribution in [3.63, 3.8) is 0 Å². The van der Waals surface area contributed by atoms with Gasteiger partial charge >= 0.3 is 0 Å². The van der Waals surface area contributed by atoms with Crippen LogP contribution in [-0.2, 0) is 4.79 Å². The van der Waals surface area contributed by atoms with E-state index < -0.39 is 17.5 Å². The lowest BCUT2D eigenvalue weighted by molar-refractivity contribution is -0.112. The second-order valence-electron chi connectivity index (χ2n) is 4.62. The Kier molecular flexibility index (Phi) is 3.94. The molecule has 0 aromatic heterocycles. The molecule has 2 aromatic carbocycles. The van der Waals surface area contributed by atoms with Crippen molar-refractivity contribution in [1.29, 1.82) is 0 Å². The maximum atomic E-state index is 13.1. The molecule has 1 amide bonds. The molecule has 0 saturated carbocycles. The van der Waals surface area contributed by atoms with Crippen LogP contribution in [0.2, 0.25) is 0 Å². The second kappa shape index (κ2) is 5.65. The van der Waals surface area contributed by atoms with Crippen LogP contribution >= 0.6 is 0 Å². The summed E-state index contributed by atoms with van der Waals surface area (Å²) in [5.74, 6) is -1.82. The number of anilines is 1. The minimum absolute atomic E-state index is 0.175. The fourth-order valence-corrected chi connectivity index (χ4v) is 1.83. The summed E-state index contributed by atoms with van der Waals surface area (Å²) in [6.45, 7) is 3.44. The van der Waals surface area contributed by atoms with Crippen LogP contribution in [-0.4, -0.2) is 11.7 Å². The van der Waals surface area contributed by atoms with E-state index in [1.54, 1.807) is 25.1 Å². The molecular formula is C16H14FNO2. The molecule has 0 aliphatic heterocycles. The van der Waals surface area contributed by atoms with Gasteiger partial charge < -0.3 is 5.32 Å². The lowest BCUT2D eigenvalue weighted by Crippen LogP contribution is -2.23. The standard InChI is InChI=1S/C16H14FNO2/c1-10-4-3-5-13(8-10)18-16(20)15(19)12-6-7-14(17)11(2)9-12/h3-9H,1-2H3,(H,18,20). The highest BCUT2D eigenvalue weighted by molar-refractivity contribution is 6.46. The van der Waals surface area contributed by atoms with Crippen molar-refractivity contribution in [2.24, 2.45) is 0 Å². The number of aryl methyl sites for hydroxylation is 2. The SMILES string of the molecule is Cc1cccc(NC(=O)C(=O)c2ccc(F)c(C)c2)c1. The van der Waals surface area contributed by atoms with E-state index in [1.165, 1.54) is 18.2 Å². The number of hydrogen-bond acceptors (Lipinski definition) is 2. The highest BCUT2D eigenvalue weighted by Gasteiger charge is 2.17. The van der Waals surface area contributed by atoms with Gasteiger partial charge in [0.2, 0.25) is 0 Å². The average Bonchev–Trinajstić information content (AvgIpc) is 2.41. The molecule has 0 atom stereocenters. The minimum atomic E-state index is -0.735. The number of halogens is 1. The summed E-state index contributed by atoms with van der Waals surface area (Å²) >= 11 is 0. The van der Waals surface area contributed by atoms with Gasteiger partial charge in [-0.3, -0.25) is 9.59 Å². The zero-order valence-electron chi connectivity index (χ0n) is 11.2. The summed E-state index contributed by atoms with van der Waals surface area (Å²) in [5, 5.41) is 2.53. The van der Waals surface area contributed by atoms with E-state index in [-0.39, 0.29) is 5.56 Å². The molecule has 0 aliphatic carbocycles. The fraction of sp³-hybridized carbons (Fsp3) is 0.125. The van der Waals surface area contributed by atoms with Gasteiger partial charge in [-0.25, -0.2) is 4.39 Å². The summed E-state index contributed by atoms with van der Waals surface area (Å²) in [6.07, 6.45) is 0. The van der Waals surface area contributed by atoms with Gasteiger partial charge in [-0.15, -0.1) is 0 Å². The number of nitrogens with one attached hydrogen (secondary N) is 1. The molecule has 2 aromatic rings. The van der Waals surface area contributed by atoms with Gasteiger partial charge in [-0.05, 0) is 55.3 Å². The summed E-state index contributed by atoms with van der Waals surface area (Å²) in [7, 11) is 0. The topological polar surface area (TPSA) is 46.2 Å². The van der Waals surface area contributed by atoms with E-state index in [1.807, 2.05) is 13.0 Å². The van der Waals surface area contributed by atoms with E-state index in [9.17, 15) is 14.0 Å². The molecule has 2 rings (SSSR count). The minimum Gasteiger partial charge on any atom is -0.319 e. The lowest BCUT2D eigenvalue weighted by atomic mass is 10.1. The third-order valence-electron chi connectivity index (χ3n) is 2.90. The van der Waals surface area contributed by atoms with Crippen LogP contribution in [0, 0.1) is 19.7 Å². The van der Waals surface area contributed by atoms with Crippen LogP contribution in [0.1, 0.15) is 21.5 Å². The van der Waals surface area contributed by atoms with Crippen LogP contribution in [0.15, 0.2) is 42.5 Å². The molecule has 3 nitrogen and oxygen atoms in total. The molecule has 0 aliphatic rings. The number of ketones is 1. The molecule has 0 heterocycles. The van der Waals surface area contributed by atoms with E-state index in [0.717, 1.165) is 5.56 Å². The van der Waals surface area contributed by atoms with Crippen molar-refractivity contribution in [3.05, 3.63) is 65.0 Å². The van der Waals surface area contributed by atoms with Crippen LogP contribution in [0.3, 0.4) is 0 Å². The normalized spacial score (nSPS) is 10.2. The van der Waals surface area contributed by atoms with Gasteiger partial charge in [-0.2, -0.15) is 0 Å². The largest absolute Gasteiger partial charge is 0.319 e. The molecule has 1 N–H and O–H groups in total. The zero-order chi connectivity index (χ0) is 14.7. The monoisotopic (exact) mass is 271 g/mol. The molecule has 102 valence electrons. The molecule has 0 fully saturated rings. The predicted molar refractivity (Wildman–Crippen MR) is 75.3 cm³/mol. The van der Waals surface area contributed by atoms with Crippen molar-refractivity contribution in [2.75, 3.05) is 5.32 Å². The summed E-state index contributed by atoms with van der Waals surface area (Å²) in [4.78, 5) is 23.8. The van der Waals surface area contributed by atoms with Crippen molar-refractivity contribution in [3.8, 4) is 0 Å². The molecule has 20 heavy (non-hydrogen) atoms. The summed E-state index contributed by atoms with van der Waals surface area (Å²) in [5.41, 5.74) is 2.04.